The second-order valence-corrected chi connectivity index (χ2v) is 1.08. The summed E-state index contributed by atoms with van der Waals surface area (Å²) in [6, 6.07) is 0. The average Bonchev–Trinajstić information content (AvgIpc) is 1.75. The van der Waals surface area contributed by atoms with Crippen molar-refractivity contribution in [2.24, 2.45) is 0 Å². The van der Waals surface area contributed by atoms with Gasteiger partial charge in [0.15, 0.2) is 0 Å². The van der Waals surface area contributed by atoms with Gasteiger partial charge in [0.25, 0.3) is 0 Å². The quantitative estimate of drug-likeness (QED) is 0.363. The molecule has 22 valence electrons. The van der Waals surface area contributed by atoms with Crippen LogP contribution in [0, 0.1) is 6.42 Å². The third kappa shape index (κ3) is 0.0879. The van der Waals surface area contributed by atoms with E-state index >= 15 is 0 Å². The minimum atomic E-state index is 1.42. The molecule has 0 aliphatic heterocycles. The second-order valence-electron chi connectivity index (χ2n) is 1.08. The molecule has 0 aromatic rings. The molecule has 0 nitrogen and oxygen atoms in total. The maximum absolute atomic E-state index is 2.08. The second kappa shape index (κ2) is 0.318. The van der Waals surface area contributed by atoms with Crippen LogP contribution in [0.3, 0.4) is 0 Å². The molecule has 0 radical (unpaired) electrons. The van der Waals surface area contributed by atoms with Crippen molar-refractivity contribution in [2.45, 2.75) is 6.92 Å². The van der Waals surface area contributed by atoms with Crippen molar-refractivity contribution < 1.29 is 0 Å². The lowest BCUT2D eigenvalue weighted by Crippen LogP contribution is -1.28. The molecule has 0 unspecified atom stereocenters. The van der Waals surface area contributed by atoms with Crippen LogP contribution >= 0.6 is 0 Å². The number of allylic oxidation sites excluding steroid dienone is 2. The van der Waals surface area contributed by atoms with Gasteiger partial charge in [0.2, 0.25) is 0 Å². The van der Waals surface area contributed by atoms with Gasteiger partial charge in [-0.3, -0.25) is 18.1 Å². The Morgan fingerprint density at radius 1 is 2.00 bits per heavy atom. The Bertz CT molecular complexity index is 51.1. The molecule has 0 atom stereocenters. The molecule has 0 aromatic heterocycles. The van der Waals surface area contributed by atoms with Gasteiger partial charge in [-0.15, -0.1) is 6.92 Å². The summed E-state index contributed by atoms with van der Waals surface area (Å²) in [5.74, 6) is 0. The molecule has 0 heteroatoms. The van der Waals surface area contributed by atoms with Crippen LogP contribution in [0.4, 0.5) is 0 Å². The zero-order valence-electron chi connectivity index (χ0n) is 2.65. The average molecular weight is 53.1 g/mol. The highest BCUT2D eigenvalue weighted by molar-refractivity contribution is 5.36. The van der Waals surface area contributed by atoms with Gasteiger partial charge in [-0.1, -0.05) is 0 Å². The molecule has 0 heterocycles. The molecule has 0 N–H and O–H groups in total. The van der Waals surface area contributed by atoms with Crippen LogP contribution < -0.4 is 0 Å². The molecule has 1 aliphatic rings. The monoisotopic (exact) mass is 53.0 g/mol. The fourth-order valence-corrected chi connectivity index (χ4v) is 0.0833. The van der Waals surface area contributed by atoms with Crippen molar-refractivity contribution in [1.29, 1.82) is 0 Å². The van der Waals surface area contributed by atoms with E-state index in [0.29, 0.717) is 0 Å². The number of hydrogen-bond acceptors (Lipinski definition) is 0. The first kappa shape index (κ1) is 1.89. The Balaban J connectivity index is 2.54. The molecule has 0 saturated carbocycles. The first-order chi connectivity index (χ1) is 1.89. The molecule has 0 aromatic carbocycles. The standard InChI is InChI=1S/C4H5/c1-4-2-3-4/h2-3H,1H3/q-1. The fraction of sp³-hybridized carbons (Fsp3) is 0.250. The Hall–Kier alpha value is -0.390. The van der Waals surface area contributed by atoms with E-state index in [-0.39, 0.29) is 0 Å². The van der Waals surface area contributed by atoms with Crippen molar-refractivity contribution in [3.63, 3.8) is 0 Å². The largest absolute Gasteiger partial charge is 0.278 e. The van der Waals surface area contributed by atoms with Crippen LogP contribution in [0.25, 0.3) is 0 Å². The van der Waals surface area contributed by atoms with Gasteiger partial charge < -0.3 is 0 Å². The van der Waals surface area contributed by atoms with E-state index in [9.17, 15) is 0 Å². The molecule has 0 amide bonds. The van der Waals surface area contributed by atoms with E-state index in [1.165, 1.54) is 5.57 Å². The maximum Gasteiger partial charge on any atom is -0.108 e. The van der Waals surface area contributed by atoms with Crippen LogP contribution in [0.2, 0.25) is 0 Å². The normalized spacial score (nSPS) is 17.8. The summed E-state index contributed by atoms with van der Waals surface area (Å²) in [6.45, 7) is 2.08. The van der Waals surface area contributed by atoms with Crippen LogP contribution in [-0.2, 0) is 0 Å². The third-order valence-corrected chi connectivity index (χ3v) is 0.500. The molecule has 4 heavy (non-hydrogen) atoms. The Labute approximate surface area is 26.1 Å². The van der Waals surface area contributed by atoms with E-state index in [2.05, 4.69) is 19.4 Å². The Morgan fingerprint density at radius 2 is 2.25 bits per heavy atom. The summed E-state index contributed by atoms with van der Waals surface area (Å²) in [4.78, 5) is 0. The Morgan fingerprint density at radius 3 is 2.25 bits per heavy atom. The van der Waals surface area contributed by atoms with Gasteiger partial charge in [-0.2, -0.15) is 0 Å². The van der Waals surface area contributed by atoms with Crippen molar-refractivity contribution in [3.05, 3.63) is 18.1 Å². The highest BCUT2D eigenvalue weighted by atomic mass is 14.0. The van der Waals surface area contributed by atoms with Gasteiger partial charge in [-0.05, 0) is 0 Å². The van der Waals surface area contributed by atoms with Crippen molar-refractivity contribution in [3.8, 4) is 0 Å². The van der Waals surface area contributed by atoms with Crippen molar-refractivity contribution in [1.82, 2.24) is 0 Å². The third-order valence-electron chi connectivity index (χ3n) is 0.500. The zero-order valence-corrected chi connectivity index (χ0v) is 2.65. The smallest absolute Gasteiger partial charge is 0.108 e. The summed E-state index contributed by atoms with van der Waals surface area (Å²) in [7, 11) is 0. The highest BCUT2D eigenvalue weighted by Crippen LogP contribution is 2.12. The van der Waals surface area contributed by atoms with Crippen LogP contribution in [0.5, 0.6) is 0 Å². The SMILES string of the molecule is CC1=C[CH-]1. The lowest BCUT2D eigenvalue weighted by Gasteiger charge is -1.65. The van der Waals surface area contributed by atoms with E-state index in [0.717, 1.165) is 0 Å². The molecule has 0 saturated heterocycles. The van der Waals surface area contributed by atoms with Gasteiger partial charge in [0, 0.05) is 0 Å². The van der Waals surface area contributed by atoms with Gasteiger partial charge in [0.05, 0.1) is 0 Å². The molecule has 1 aliphatic carbocycles. The summed E-state index contributed by atoms with van der Waals surface area (Å²) < 4.78 is 0. The summed E-state index contributed by atoms with van der Waals surface area (Å²) in [6.07, 6.45) is 4.17. The minimum absolute atomic E-state index is 1.42. The van der Waals surface area contributed by atoms with E-state index in [1.54, 1.807) is 0 Å². The van der Waals surface area contributed by atoms with Gasteiger partial charge in [0.1, 0.15) is 0 Å². The molecule has 1 rings (SSSR count). The van der Waals surface area contributed by atoms with E-state index < -0.39 is 0 Å². The Kier molecular flexibility index (Phi) is 0.150. The maximum atomic E-state index is 2.08. The van der Waals surface area contributed by atoms with Gasteiger partial charge in [-0.25, -0.2) is 0 Å². The summed E-state index contributed by atoms with van der Waals surface area (Å²) in [5, 5.41) is 0. The lowest BCUT2D eigenvalue weighted by molar-refractivity contribution is 1.67. The first-order valence-electron chi connectivity index (χ1n) is 1.41. The zero-order chi connectivity index (χ0) is 2.99. The van der Waals surface area contributed by atoms with Crippen LogP contribution in [0.15, 0.2) is 11.6 Å². The molecule has 0 fully saturated rings. The van der Waals surface area contributed by atoms with E-state index in [4.69, 9.17) is 0 Å². The van der Waals surface area contributed by atoms with E-state index in [1.807, 2.05) is 0 Å². The fourth-order valence-electron chi connectivity index (χ4n) is 0.0833. The number of rotatable bonds is 0. The molecular formula is C4H5-. The predicted molar refractivity (Wildman–Crippen MR) is 18.1 cm³/mol. The highest BCUT2D eigenvalue weighted by Gasteiger charge is 1.73. The minimum Gasteiger partial charge on any atom is -0.278 e. The van der Waals surface area contributed by atoms with Crippen molar-refractivity contribution >= 4 is 0 Å². The first-order valence-corrected chi connectivity index (χ1v) is 1.41. The predicted octanol–water partition coefficient (Wildman–Crippen LogP) is 1.15. The summed E-state index contributed by atoms with van der Waals surface area (Å²) >= 11 is 0. The number of hydrogen-bond donors (Lipinski definition) is 0. The van der Waals surface area contributed by atoms with Crippen LogP contribution in [-0.4, -0.2) is 0 Å². The summed E-state index contributed by atoms with van der Waals surface area (Å²) in [5.41, 5.74) is 1.42. The molecule has 0 spiro atoms. The topological polar surface area (TPSA) is 0 Å². The molecule has 0 bridgehead atoms. The molecular weight excluding hydrogens is 48.0 g/mol. The van der Waals surface area contributed by atoms with Crippen molar-refractivity contribution in [2.75, 3.05) is 0 Å². The van der Waals surface area contributed by atoms with Gasteiger partial charge >= 0.3 is 0 Å². The van der Waals surface area contributed by atoms with Crippen LogP contribution in [0.1, 0.15) is 6.92 Å². The lowest BCUT2D eigenvalue weighted by atomic mass is 10.6.